The fraction of sp³-hybridized carbons (Fsp3) is 0.500. The Kier molecular flexibility index (Phi) is 4.42. The number of aromatic nitrogens is 4. The summed E-state index contributed by atoms with van der Waals surface area (Å²) in [5.41, 5.74) is 1.47. The average molecular weight is 336 g/mol. The number of nitriles is 1. The van der Waals surface area contributed by atoms with Crippen molar-refractivity contribution in [1.29, 1.82) is 5.26 Å². The zero-order valence-corrected chi connectivity index (χ0v) is 14.0. The third kappa shape index (κ3) is 3.68. The largest absolute Gasteiger partial charge is 0.476 e. The van der Waals surface area contributed by atoms with E-state index in [1.165, 1.54) is 12.8 Å². The van der Waals surface area contributed by atoms with E-state index in [0.717, 1.165) is 31.6 Å². The van der Waals surface area contributed by atoms with Gasteiger partial charge in [-0.1, -0.05) is 0 Å². The molecule has 0 spiro atoms. The quantitative estimate of drug-likeness (QED) is 0.828. The Morgan fingerprint density at radius 2 is 1.88 bits per heavy atom. The summed E-state index contributed by atoms with van der Waals surface area (Å²) in [6.45, 7) is 2.36. The molecule has 0 radical (unpaired) electrons. The second kappa shape index (κ2) is 7.01. The van der Waals surface area contributed by atoms with Crippen LogP contribution in [0.4, 0.5) is 5.82 Å². The summed E-state index contributed by atoms with van der Waals surface area (Å²) in [7, 11) is 0. The van der Waals surface area contributed by atoms with Crippen molar-refractivity contribution in [1.82, 2.24) is 20.2 Å². The molecule has 2 aromatic heterocycles. The molecule has 0 bridgehead atoms. The van der Waals surface area contributed by atoms with E-state index in [1.807, 2.05) is 12.1 Å². The Morgan fingerprint density at radius 3 is 2.56 bits per heavy atom. The van der Waals surface area contributed by atoms with Crippen molar-refractivity contribution >= 4 is 5.82 Å². The second-order valence-corrected chi connectivity index (χ2v) is 6.65. The molecule has 0 aromatic carbocycles. The van der Waals surface area contributed by atoms with E-state index in [2.05, 4.69) is 31.1 Å². The van der Waals surface area contributed by atoms with Crippen LogP contribution in [0.15, 0.2) is 24.5 Å². The number of ether oxygens (including phenoxy) is 1. The molecule has 1 aliphatic carbocycles. The summed E-state index contributed by atoms with van der Waals surface area (Å²) in [6.07, 6.45) is 7.64. The fourth-order valence-corrected chi connectivity index (χ4v) is 3.16. The van der Waals surface area contributed by atoms with Gasteiger partial charge in [-0.05, 0) is 37.7 Å². The highest BCUT2D eigenvalue weighted by molar-refractivity contribution is 5.49. The summed E-state index contributed by atoms with van der Waals surface area (Å²) >= 11 is 0. The smallest absolute Gasteiger partial charge is 0.233 e. The molecule has 0 atom stereocenters. The van der Waals surface area contributed by atoms with Crippen molar-refractivity contribution < 1.29 is 4.74 Å². The van der Waals surface area contributed by atoms with E-state index >= 15 is 0 Å². The molecule has 7 heteroatoms. The monoisotopic (exact) mass is 336 g/mol. The van der Waals surface area contributed by atoms with Crippen LogP contribution in [0.5, 0.6) is 5.88 Å². The van der Waals surface area contributed by atoms with Gasteiger partial charge in [0.25, 0.3) is 0 Å². The van der Waals surface area contributed by atoms with Crippen LogP contribution >= 0.6 is 0 Å². The molecule has 25 heavy (non-hydrogen) atoms. The van der Waals surface area contributed by atoms with Gasteiger partial charge in [-0.25, -0.2) is 9.97 Å². The maximum Gasteiger partial charge on any atom is 0.233 e. The molecule has 2 fully saturated rings. The van der Waals surface area contributed by atoms with Gasteiger partial charge in [0.15, 0.2) is 11.5 Å². The van der Waals surface area contributed by atoms with Gasteiger partial charge in [0, 0.05) is 37.5 Å². The van der Waals surface area contributed by atoms with Gasteiger partial charge in [-0.3, -0.25) is 0 Å². The minimum atomic E-state index is 0.392. The van der Waals surface area contributed by atoms with Crippen molar-refractivity contribution in [2.75, 3.05) is 24.6 Å². The van der Waals surface area contributed by atoms with Gasteiger partial charge in [-0.15, -0.1) is 5.10 Å². The van der Waals surface area contributed by atoms with Crippen LogP contribution in [0.25, 0.3) is 0 Å². The topological polar surface area (TPSA) is 87.8 Å². The van der Waals surface area contributed by atoms with E-state index in [1.54, 1.807) is 12.4 Å². The lowest BCUT2D eigenvalue weighted by Crippen LogP contribution is -2.36. The van der Waals surface area contributed by atoms with E-state index in [0.29, 0.717) is 35.8 Å². The molecule has 0 amide bonds. The summed E-state index contributed by atoms with van der Waals surface area (Å²) < 4.78 is 5.81. The molecule has 128 valence electrons. The number of piperidine rings is 1. The van der Waals surface area contributed by atoms with Crippen molar-refractivity contribution in [3.8, 4) is 11.9 Å². The van der Waals surface area contributed by atoms with E-state index in [-0.39, 0.29) is 0 Å². The first-order valence-electron chi connectivity index (χ1n) is 8.76. The molecule has 2 aromatic rings. The van der Waals surface area contributed by atoms with Crippen molar-refractivity contribution in [3.05, 3.63) is 35.9 Å². The third-order valence-electron chi connectivity index (χ3n) is 4.82. The first-order chi connectivity index (χ1) is 12.3. The van der Waals surface area contributed by atoms with Crippen LogP contribution < -0.4 is 9.64 Å². The van der Waals surface area contributed by atoms with Gasteiger partial charge in [0.1, 0.15) is 6.07 Å². The molecule has 3 heterocycles. The Hall–Kier alpha value is -2.75. The Balaban J connectivity index is 1.28. The molecule has 1 aliphatic heterocycles. The average Bonchev–Trinajstić information content (AvgIpc) is 3.52. The summed E-state index contributed by atoms with van der Waals surface area (Å²) in [6, 6.07) is 6.07. The van der Waals surface area contributed by atoms with Gasteiger partial charge in [0.2, 0.25) is 5.88 Å². The summed E-state index contributed by atoms with van der Waals surface area (Å²) in [5.74, 6) is 2.38. The minimum Gasteiger partial charge on any atom is -0.476 e. The second-order valence-electron chi connectivity index (χ2n) is 6.65. The lowest BCUT2D eigenvalue weighted by molar-refractivity contribution is 0.214. The van der Waals surface area contributed by atoms with Crippen LogP contribution in [-0.2, 0) is 0 Å². The molecule has 0 N–H and O–H groups in total. The van der Waals surface area contributed by atoms with Crippen LogP contribution in [-0.4, -0.2) is 39.9 Å². The molecule has 1 saturated heterocycles. The normalized spacial score (nSPS) is 18.0. The highest BCUT2D eigenvalue weighted by Gasteiger charge is 2.26. The number of rotatable bonds is 5. The highest BCUT2D eigenvalue weighted by atomic mass is 16.5. The zero-order valence-electron chi connectivity index (χ0n) is 14.0. The van der Waals surface area contributed by atoms with Crippen LogP contribution in [0.3, 0.4) is 0 Å². The van der Waals surface area contributed by atoms with E-state index in [9.17, 15) is 0 Å². The number of nitrogens with zero attached hydrogens (tertiary/aromatic N) is 6. The predicted molar refractivity (Wildman–Crippen MR) is 91.2 cm³/mol. The van der Waals surface area contributed by atoms with Crippen LogP contribution in [0, 0.1) is 17.2 Å². The molecule has 1 saturated carbocycles. The Morgan fingerprint density at radius 1 is 1.08 bits per heavy atom. The first kappa shape index (κ1) is 15.8. The predicted octanol–water partition coefficient (Wildman–Crippen LogP) is 2.31. The molecule has 0 unspecified atom stereocenters. The lowest BCUT2D eigenvalue weighted by Gasteiger charge is -2.32. The number of hydrogen-bond acceptors (Lipinski definition) is 7. The maximum absolute atomic E-state index is 9.16. The van der Waals surface area contributed by atoms with Crippen LogP contribution in [0.2, 0.25) is 0 Å². The summed E-state index contributed by atoms with van der Waals surface area (Å²) in [4.78, 5) is 10.5. The SMILES string of the molecule is N#Cc1nccnc1N1CCC(COc2ccc(C3CC3)nn2)CC1. The highest BCUT2D eigenvalue weighted by Crippen LogP contribution is 2.38. The standard InChI is InChI=1S/C18H20N6O/c19-11-16-18(21-8-7-20-16)24-9-5-13(6-10-24)12-25-17-4-3-15(22-23-17)14-1-2-14/h3-4,7-8,13-14H,1-2,5-6,9-10,12H2. The first-order valence-corrected chi connectivity index (χ1v) is 8.76. The van der Waals surface area contributed by atoms with Crippen molar-refractivity contribution in [2.45, 2.75) is 31.6 Å². The van der Waals surface area contributed by atoms with Gasteiger partial charge in [0.05, 0.1) is 12.3 Å². The Labute approximate surface area is 146 Å². The molecule has 2 aliphatic rings. The van der Waals surface area contributed by atoms with E-state index in [4.69, 9.17) is 10.00 Å². The lowest BCUT2D eigenvalue weighted by atomic mass is 9.98. The Bertz CT molecular complexity index is 760. The van der Waals surface area contributed by atoms with Gasteiger partial charge >= 0.3 is 0 Å². The summed E-state index contributed by atoms with van der Waals surface area (Å²) in [5, 5.41) is 17.6. The van der Waals surface area contributed by atoms with Gasteiger partial charge in [-0.2, -0.15) is 10.4 Å². The van der Waals surface area contributed by atoms with Crippen LogP contribution in [0.1, 0.15) is 43.0 Å². The minimum absolute atomic E-state index is 0.392. The van der Waals surface area contributed by atoms with Gasteiger partial charge < -0.3 is 9.64 Å². The van der Waals surface area contributed by atoms with E-state index < -0.39 is 0 Å². The molecular weight excluding hydrogens is 316 g/mol. The molecule has 4 rings (SSSR count). The van der Waals surface area contributed by atoms with Crippen molar-refractivity contribution in [2.24, 2.45) is 5.92 Å². The molecule has 7 nitrogen and oxygen atoms in total. The number of hydrogen-bond donors (Lipinski definition) is 0. The third-order valence-corrected chi connectivity index (χ3v) is 4.82. The maximum atomic E-state index is 9.16. The molecular formula is C18H20N6O. The number of anilines is 1. The fourth-order valence-electron chi connectivity index (χ4n) is 3.16. The van der Waals surface area contributed by atoms with Crippen molar-refractivity contribution in [3.63, 3.8) is 0 Å². The zero-order chi connectivity index (χ0) is 17.1.